The van der Waals surface area contributed by atoms with Crippen molar-refractivity contribution in [2.24, 2.45) is 0 Å². The van der Waals surface area contributed by atoms with Gasteiger partial charge in [0.15, 0.2) is 0 Å². The van der Waals surface area contributed by atoms with Gasteiger partial charge in [0.2, 0.25) is 0 Å². The van der Waals surface area contributed by atoms with E-state index in [-0.39, 0.29) is 0 Å². The zero-order valence-corrected chi connectivity index (χ0v) is 24.2. The van der Waals surface area contributed by atoms with Crippen LogP contribution >= 0.6 is 5.96 Å². The summed E-state index contributed by atoms with van der Waals surface area (Å²) in [7, 11) is 0. The first kappa shape index (κ1) is 26.0. The van der Waals surface area contributed by atoms with Gasteiger partial charge < -0.3 is 0 Å². The number of aromatic nitrogens is 3. The third-order valence-electron chi connectivity index (χ3n) is 5.16. The molecule has 0 saturated carbocycles. The van der Waals surface area contributed by atoms with Gasteiger partial charge in [-0.25, -0.2) is 0 Å². The van der Waals surface area contributed by atoms with E-state index in [0.29, 0.717) is 24.2 Å². The topological polar surface area (TPSA) is 29.2 Å². The van der Waals surface area contributed by atoms with Gasteiger partial charge >= 0.3 is 199 Å². The van der Waals surface area contributed by atoms with Crippen LogP contribution in [0.3, 0.4) is 0 Å². The molecule has 8 heteroatoms. The van der Waals surface area contributed by atoms with E-state index >= 15 is 0 Å². The Kier molecular flexibility index (Phi) is 9.17. The van der Waals surface area contributed by atoms with Gasteiger partial charge in [0, 0.05) is 0 Å². The van der Waals surface area contributed by atoms with Gasteiger partial charge in [-0.1, -0.05) is 0 Å². The summed E-state index contributed by atoms with van der Waals surface area (Å²) >= 11 is 7.09. The minimum atomic E-state index is -2.15. The number of benzene rings is 1. The maximum atomic E-state index is 5.28. The monoisotopic (exact) mass is 563 g/mol. The van der Waals surface area contributed by atoms with E-state index in [0.717, 1.165) is 22.3 Å². The molecule has 5 nitrogen and oxygen atoms in total. The van der Waals surface area contributed by atoms with Gasteiger partial charge in [0.1, 0.15) is 0 Å². The van der Waals surface area contributed by atoms with E-state index in [1.807, 2.05) is 0 Å². The van der Waals surface area contributed by atoms with Crippen molar-refractivity contribution in [1.82, 2.24) is 23.5 Å². The molecule has 0 amide bonds. The Hall–Kier alpha value is -0.251. The molecule has 0 saturated heterocycles. The first-order valence-electron chi connectivity index (χ1n) is 10.9. The fourth-order valence-electron chi connectivity index (χ4n) is 4.35. The van der Waals surface area contributed by atoms with Gasteiger partial charge in [-0.2, -0.15) is 0 Å². The molecule has 0 fully saturated rings. The van der Waals surface area contributed by atoms with Crippen LogP contribution in [-0.4, -0.2) is 78.3 Å². The zero-order chi connectivity index (χ0) is 22.8. The molecule has 2 aromatic rings. The summed E-state index contributed by atoms with van der Waals surface area (Å²) in [6.07, 6.45) is 0. The summed E-state index contributed by atoms with van der Waals surface area (Å²) in [5, 5.41) is 5.28. The molecule has 0 atom stereocenters. The van der Waals surface area contributed by atoms with Crippen molar-refractivity contribution in [3.63, 3.8) is 0 Å². The Morgan fingerprint density at radius 3 is 1.67 bits per heavy atom. The van der Waals surface area contributed by atoms with E-state index in [9.17, 15) is 0 Å². The quantitative estimate of drug-likeness (QED) is 0.319. The van der Waals surface area contributed by atoms with Gasteiger partial charge in [-0.15, -0.1) is 0 Å². The van der Waals surface area contributed by atoms with Crippen LogP contribution in [0.15, 0.2) is 30.3 Å². The molecule has 0 N–H and O–H groups in total. The van der Waals surface area contributed by atoms with Crippen LogP contribution in [0.2, 0.25) is 0 Å². The molecule has 0 unspecified atom stereocenters. The van der Waals surface area contributed by atoms with Crippen molar-refractivity contribution in [3.05, 3.63) is 34.7 Å². The third kappa shape index (κ3) is 4.89. The molecular formula is C22H38N5PSe2. The number of hydrogen-bond donors (Lipinski definition) is 0. The zero-order valence-electron chi connectivity index (χ0n) is 19.9. The Bertz CT molecular complexity index is 891. The third-order valence-corrected chi connectivity index (χ3v) is 13.5. The van der Waals surface area contributed by atoms with E-state index in [2.05, 4.69) is 142 Å². The Morgan fingerprint density at radius 1 is 0.867 bits per heavy atom. The molecule has 0 aliphatic heterocycles. The standard InChI is InChI=1S/C22H38N5PSe2/c1-10-24-21(20-14-12-11-13-15-20)23-27(22(24)29)28(30,25(16(2)3)17(4)5)26(18(6)7)19(8)9/h11-19H,10H2,1-9H3. The summed E-state index contributed by atoms with van der Waals surface area (Å²) in [4.78, 5) is 0. The molecule has 1 aromatic carbocycles. The average molecular weight is 561 g/mol. The molecule has 2 rings (SSSR count). The van der Waals surface area contributed by atoms with Crippen LogP contribution in [0.5, 0.6) is 0 Å². The van der Waals surface area contributed by atoms with E-state index < -0.39 is 5.96 Å². The molecule has 1 aromatic heterocycles. The van der Waals surface area contributed by atoms with Crippen LogP contribution in [0.4, 0.5) is 0 Å². The molecule has 0 radical (unpaired) electrons. The molecule has 0 aliphatic rings. The molecule has 0 spiro atoms. The second kappa shape index (κ2) is 10.6. The van der Waals surface area contributed by atoms with Crippen LogP contribution in [0.1, 0.15) is 62.3 Å². The Labute approximate surface area is 198 Å². The van der Waals surface area contributed by atoms with Gasteiger partial charge in [-0.05, 0) is 0 Å². The average Bonchev–Trinajstić information content (AvgIpc) is 2.98. The van der Waals surface area contributed by atoms with Crippen molar-refractivity contribution >= 4 is 36.6 Å². The van der Waals surface area contributed by atoms with Gasteiger partial charge in [-0.3, -0.25) is 0 Å². The molecular weight excluding hydrogens is 523 g/mol. The van der Waals surface area contributed by atoms with E-state index in [1.165, 1.54) is 0 Å². The molecule has 30 heavy (non-hydrogen) atoms. The first-order chi connectivity index (χ1) is 14.0. The van der Waals surface area contributed by atoms with Crippen LogP contribution < -0.4 is 0 Å². The van der Waals surface area contributed by atoms with Crippen LogP contribution in [-0.2, 0) is 6.54 Å². The summed E-state index contributed by atoms with van der Waals surface area (Å²) in [6.45, 7) is 21.4. The minimum absolute atomic E-state index is 0.374. The second-order valence-corrected chi connectivity index (χ2v) is 14.9. The number of nitrogens with zero attached hydrogens (tertiary/aromatic N) is 5. The predicted molar refractivity (Wildman–Crippen MR) is 133 cm³/mol. The fourth-order valence-corrected chi connectivity index (χ4v) is 15.4. The van der Waals surface area contributed by atoms with E-state index in [1.54, 1.807) is 0 Å². The SMILES string of the molecule is CCn1c(-c2ccccc2)nn(P(=[Se])(N(C(C)C)C(C)C)N(C(C)C)C(C)C)c1=[Se]. The molecule has 168 valence electrons. The van der Waals surface area contributed by atoms with Crippen molar-refractivity contribution < 1.29 is 0 Å². The summed E-state index contributed by atoms with van der Waals surface area (Å²) < 4.78 is 10.9. The summed E-state index contributed by atoms with van der Waals surface area (Å²) in [5.74, 6) is -1.14. The van der Waals surface area contributed by atoms with Crippen LogP contribution in [0.25, 0.3) is 11.4 Å². The van der Waals surface area contributed by atoms with Crippen LogP contribution in [0, 0.1) is 4.32 Å². The fraction of sp³-hybridized carbons (Fsp3) is 0.636. The van der Waals surface area contributed by atoms with Crippen molar-refractivity contribution in [2.75, 3.05) is 0 Å². The Balaban J connectivity index is 2.91. The van der Waals surface area contributed by atoms with Crippen molar-refractivity contribution in [3.8, 4) is 11.4 Å². The molecule has 0 bridgehead atoms. The number of rotatable bonds is 9. The van der Waals surface area contributed by atoms with Crippen molar-refractivity contribution in [1.29, 1.82) is 0 Å². The van der Waals surface area contributed by atoms with Crippen molar-refractivity contribution in [2.45, 2.75) is 93.0 Å². The predicted octanol–water partition coefficient (Wildman–Crippen LogP) is 5.00. The second-order valence-electron chi connectivity index (χ2n) is 8.75. The Morgan fingerprint density at radius 2 is 1.30 bits per heavy atom. The van der Waals surface area contributed by atoms with Gasteiger partial charge in [0.25, 0.3) is 0 Å². The van der Waals surface area contributed by atoms with Gasteiger partial charge in [0.05, 0.1) is 0 Å². The first-order valence-corrected chi connectivity index (χ1v) is 15.6. The normalized spacial score (nSPS) is 13.0. The number of hydrogen-bond acceptors (Lipinski definition) is 3. The summed E-state index contributed by atoms with van der Waals surface area (Å²) in [5.41, 5.74) is 1.14. The van der Waals surface area contributed by atoms with E-state index in [4.69, 9.17) is 5.10 Å². The molecule has 0 aliphatic carbocycles. The maximum absolute atomic E-state index is 5.28. The molecule has 1 heterocycles. The summed E-state index contributed by atoms with van der Waals surface area (Å²) in [6, 6.07) is 12.0.